The lowest BCUT2D eigenvalue weighted by Crippen LogP contribution is -2.74. The molecule has 2 aromatic carbocycles. The van der Waals surface area contributed by atoms with Gasteiger partial charge in [0.15, 0.2) is 0 Å². The van der Waals surface area contributed by atoms with Gasteiger partial charge in [0.05, 0.1) is 27.2 Å². The van der Waals surface area contributed by atoms with E-state index in [9.17, 15) is 0 Å². The van der Waals surface area contributed by atoms with E-state index in [4.69, 9.17) is 4.74 Å². The van der Waals surface area contributed by atoms with Crippen molar-refractivity contribution in [2.75, 3.05) is 33.8 Å². The highest BCUT2D eigenvalue weighted by molar-refractivity contribution is 5.50. The lowest BCUT2D eigenvalue weighted by molar-refractivity contribution is 0.0548. The lowest BCUT2D eigenvalue weighted by atomic mass is 9.67. The number of aryl methyl sites for hydroxylation is 1. The normalized spacial score (nSPS) is 30.6. The van der Waals surface area contributed by atoms with Crippen molar-refractivity contribution >= 4 is 5.69 Å². The molecule has 1 N–H and O–H groups in total. The van der Waals surface area contributed by atoms with Gasteiger partial charge in [0.25, 0.3) is 0 Å². The molecule has 3 atom stereocenters. The van der Waals surface area contributed by atoms with E-state index in [1.54, 1.807) is 18.2 Å². The van der Waals surface area contributed by atoms with Gasteiger partial charge in [-0.25, -0.2) is 0 Å². The number of quaternary nitrogens is 1. The van der Waals surface area contributed by atoms with Crippen LogP contribution in [0.1, 0.15) is 43.2 Å². The van der Waals surface area contributed by atoms with Crippen molar-refractivity contribution < 1.29 is 4.74 Å². The molecule has 0 bridgehead atoms. The number of fused-ring (bicyclic) bond motifs is 1. The van der Waals surface area contributed by atoms with Crippen molar-refractivity contribution in [3.63, 3.8) is 0 Å². The molecule has 0 spiro atoms. The van der Waals surface area contributed by atoms with Crippen molar-refractivity contribution in [1.82, 2.24) is 9.80 Å². The van der Waals surface area contributed by atoms with Crippen LogP contribution in [0, 0.1) is 0 Å². The Labute approximate surface area is 163 Å². The zero-order chi connectivity index (χ0) is 18.9. The number of hydrogen-bond acceptors (Lipinski definition) is 2. The maximum atomic E-state index is 5.41. The van der Waals surface area contributed by atoms with E-state index < -0.39 is 0 Å². The summed E-state index contributed by atoms with van der Waals surface area (Å²) in [6, 6.07) is 18.0. The van der Waals surface area contributed by atoms with Crippen molar-refractivity contribution in [2.24, 2.45) is 0 Å². The summed E-state index contributed by atoms with van der Waals surface area (Å²) in [5, 5.41) is 3.76. The van der Waals surface area contributed by atoms with E-state index in [2.05, 4.69) is 67.8 Å². The second kappa shape index (κ2) is 7.29. The third kappa shape index (κ3) is 2.88. The number of nitrogens with one attached hydrogen (secondary N) is 1. The molecule has 3 nitrogen and oxygen atoms in total. The van der Waals surface area contributed by atoms with E-state index in [1.807, 2.05) is 0 Å². The van der Waals surface area contributed by atoms with Gasteiger partial charge < -0.3 is 10.1 Å². The summed E-state index contributed by atoms with van der Waals surface area (Å²) in [6.45, 7) is 5.66. The molecule has 1 heterocycles. The van der Waals surface area contributed by atoms with Crippen LogP contribution in [0.3, 0.4) is 0 Å². The van der Waals surface area contributed by atoms with E-state index in [0.717, 1.165) is 29.9 Å². The van der Waals surface area contributed by atoms with Crippen LogP contribution in [0.25, 0.3) is 0 Å². The fourth-order valence-corrected chi connectivity index (χ4v) is 5.80. The average Bonchev–Trinajstić information content (AvgIpc) is 2.74. The van der Waals surface area contributed by atoms with Crippen LogP contribution in [0.5, 0.6) is 5.75 Å². The molecule has 3 unspecified atom stereocenters. The number of methoxy groups -OCH3 is 1. The Hall–Kier alpha value is -1.84. The fourth-order valence-electron chi connectivity index (χ4n) is 5.80. The Bertz CT molecular complexity index is 787. The molecule has 1 aliphatic carbocycles. The molecule has 0 amide bonds. The van der Waals surface area contributed by atoms with Gasteiger partial charge in [-0.2, -0.15) is 0 Å². The number of ether oxygens (including phenoxy) is 1. The first kappa shape index (κ1) is 18.5. The van der Waals surface area contributed by atoms with Gasteiger partial charge in [0.2, 0.25) is 0 Å². The monoisotopic (exact) mass is 365 g/mol. The minimum absolute atomic E-state index is 0.170. The number of hydrogen-bond donors (Lipinski definition) is 1. The van der Waals surface area contributed by atoms with Gasteiger partial charge in [-0.15, -0.1) is 0 Å². The van der Waals surface area contributed by atoms with Crippen LogP contribution in [0.4, 0.5) is 5.69 Å². The van der Waals surface area contributed by atoms with Crippen LogP contribution in [-0.2, 0) is 6.42 Å². The van der Waals surface area contributed by atoms with Crippen molar-refractivity contribution in [3.8, 4) is 5.75 Å². The minimum atomic E-state index is 0.170. The number of nitrogens with zero attached hydrogens (tertiary/aromatic N) is 1. The molecule has 144 valence electrons. The largest absolute Gasteiger partial charge is 0.497 e. The topological polar surface area (TPSA) is 21.3 Å². The van der Waals surface area contributed by atoms with Crippen LogP contribution < -0.4 is 14.5 Å². The molecule has 27 heavy (non-hydrogen) atoms. The van der Waals surface area contributed by atoms with Crippen molar-refractivity contribution in [1.29, 1.82) is 0 Å². The average molecular weight is 366 g/mol. The summed E-state index contributed by atoms with van der Waals surface area (Å²) in [5.41, 5.74) is 4.73. The molecular weight excluding hydrogens is 332 g/mol. The quantitative estimate of drug-likeness (QED) is 0.805. The number of rotatable bonds is 4. The number of benzene rings is 2. The molecule has 1 saturated heterocycles. The Morgan fingerprint density at radius 3 is 2.67 bits per heavy atom. The lowest BCUT2D eigenvalue weighted by Gasteiger charge is -2.57. The molecule has 2 aromatic rings. The first-order valence-corrected chi connectivity index (χ1v) is 10.4. The zero-order valence-electron chi connectivity index (χ0n) is 17.0. The summed E-state index contributed by atoms with van der Waals surface area (Å²) in [5.74, 6) is 1.53. The molecule has 1 aliphatic heterocycles. The summed E-state index contributed by atoms with van der Waals surface area (Å²) < 4.78 is 6.41. The van der Waals surface area contributed by atoms with Crippen molar-refractivity contribution in [3.05, 3.63) is 59.7 Å². The Kier molecular flexibility index (Phi) is 5.00. The van der Waals surface area contributed by atoms with Crippen molar-refractivity contribution in [2.45, 2.75) is 44.1 Å². The fraction of sp³-hybridized carbons (Fsp3) is 0.500. The highest BCUT2D eigenvalue weighted by Crippen LogP contribution is 2.49. The second-order valence-electron chi connectivity index (χ2n) is 8.39. The highest BCUT2D eigenvalue weighted by atomic mass is 16.5. The number of likely N-dealkylation sites (N-methyl/N-ethyl adjacent to an activating group) is 1. The smallest absolute Gasteiger partial charge is 0.133 e. The Balaban J connectivity index is 1.83. The van der Waals surface area contributed by atoms with Gasteiger partial charge in [-0.05, 0) is 42.5 Å². The third-order valence-corrected chi connectivity index (χ3v) is 7.42. The van der Waals surface area contributed by atoms with Crippen LogP contribution in [0.15, 0.2) is 48.5 Å². The van der Waals surface area contributed by atoms with Crippen LogP contribution in [0.2, 0.25) is 0 Å². The van der Waals surface area contributed by atoms with Crippen LogP contribution >= 0.6 is 0 Å². The summed E-state index contributed by atoms with van der Waals surface area (Å²) in [7, 11) is 4.20. The maximum Gasteiger partial charge on any atom is 0.133 e. The molecule has 2 aliphatic rings. The van der Waals surface area contributed by atoms with E-state index in [-0.39, 0.29) is 5.54 Å². The molecule has 0 saturated carbocycles. The maximum absolute atomic E-state index is 5.41. The molecule has 0 radical (unpaired) electrons. The van der Waals surface area contributed by atoms with E-state index in [0.29, 0.717) is 5.92 Å². The molecular formula is C24H33N2O+. The van der Waals surface area contributed by atoms with Gasteiger partial charge in [-0.3, -0.25) is 4.48 Å². The predicted octanol–water partition coefficient (Wildman–Crippen LogP) is 4.50. The molecule has 3 heteroatoms. The first-order chi connectivity index (χ1) is 13.1. The second-order valence-corrected chi connectivity index (χ2v) is 8.39. The Morgan fingerprint density at radius 1 is 1.15 bits per heavy atom. The number of piperazine rings is 1. The minimum Gasteiger partial charge on any atom is -0.497 e. The predicted molar refractivity (Wildman–Crippen MR) is 114 cm³/mol. The van der Waals surface area contributed by atoms with Gasteiger partial charge in [0.1, 0.15) is 17.0 Å². The SMILES string of the molecule is CCC1(C2CCCc3ccccc32)CNCC[N+]1(C)c1ccc(OC)cc1. The molecule has 0 aromatic heterocycles. The standard InChI is InChI=1S/C24H33N2O/c1-4-24(23-11-7-9-19-8-5-6-10-22(19)23)18-25-16-17-26(24,2)20-12-14-21(27-3)15-13-20/h5-6,8,10,12-15,23,25H,4,7,9,11,16-18H2,1-3H3/q+1. The third-order valence-electron chi connectivity index (χ3n) is 7.42. The van der Waals surface area contributed by atoms with Gasteiger partial charge >= 0.3 is 0 Å². The van der Waals surface area contributed by atoms with E-state index in [1.165, 1.54) is 31.4 Å². The molecule has 4 rings (SSSR count). The first-order valence-electron chi connectivity index (χ1n) is 10.4. The zero-order valence-corrected chi connectivity index (χ0v) is 17.0. The highest BCUT2D eigenvalue weighted by Gasteiger charge is 2.56. The van der Waals surface area contributed by atoms with Crippen LogP contribution in [-0.4, -0.2) is 39.3 Å². The molecule has 1 fully saturated rings. The Morgan fingerprint density at radius 2 is 1.93 bits per heavy atom. The van der Waals surface area contributed by atoms with Gasteiger partial charge in [-0.1, -0.05) is 31.2 Å². The van der Waals surface area contributed by atoms with E-state index >= 15 is 0 Å². The van der Waals surface area contributed by atoms with Gasteiger partial charge in [0, 0.05) is 31.0 Å². The summed E-state index contributed by atoms with van der Waals surface area (Å²) in [4.78, 5) is 0. The summed E-state index contributed by atoms with van der Waals surface area (Å²) >= 11 is 0. The summed E-state index contributed by atoms with van der Waals surface area (Å²) in [6.07, 6.45) is 4.98.